The standard InChI is InChI=1S/C24H17N3/c1-2-4-20-15-17(5-7-18(20)3-1)6-10-23-22-9-8-21(16-24(22)27-26-23)19-11-13-25-14-12-19/h1-16H,(H,26,27)/b10-6+. The first-order valence-electron chi connectivity index (χ1n) is 8.92. The smallest absolute Gasteiger partial charge is 0.0927 e. The molecule has 0 saturated heterocycles. The van der Waals surface area contributed by atoms with Gasteiger partial charge in [0.25, 0.3) is 0 Å². The van der Waals surface area contributed by atoms with Crippen molar-refractivity contribution in [2.24, 2.45) is 0 Å². The maximum Gasteiger partial charge on any atom is 0.0927 e. The Morgan fingerprint density at radius 2 is 1.56 bits per heavy atom. The molecule has 2 heterocycles. The van der Waals surface area contributed by atoms with Crippen LogP contribution in [0.3, 0.4) is 0 Å². The lowest BCUT2D eigenvalue weighted by Crippen LogP contribution is -1.79. The van der Waals surface area contributed by atoms with Gasteiger partial charge in [-0.15, -0.1) is 0 Å². The second kappa shape index (κ2) is 6.54. The largest absolute Gasteiger partial charge is 0.277 e. The molecule has 0 fully saturated rings. The van der Waals surface area contributed by atoms with Gasteiger partial charge >= 0.3 is 0 Å². The number of aromatic amines is 1. The Labute approximate surface area is 157 Å². The van der Waals surface area contributed by atoms with Crippen molar-refractivity contribution in [2.75, 3.05) is 0 Å². The number of nitrogens with one attached hydrogen (secondary N) is 1. The quantitative estimate of drug-likeness (QED) is 0.438. The Morgan fingerprint density at radius 1 is 0.704 bits per heavy atom. The summed E-state index contributed by atoms with van der Waals surface area (Å²) in [5.41, 5.74) is 5.44. The zero-order valence-corrected chi connectivity index (χ0v) is 14.6. The molecule has 27 heavy (non-hydrogen) atoms. The molecule has 0 spiro atoms. The number of fused-ring (bicyclic) bond motifs is 2. The van der Waals surface area contributed by atoms with Crippen molar-refractivity contribution in [3.05, 3.63) is 96.4 Å². The molecule has 0 aliphatic carbocycles. The van der Waals surface area contributed by atoms with Crippen LogP contribution < -0.4 is 0 Å². The van der Waals surface area contributed by atoms with Crippen LogP contribution in [-0.4, -0.2) is 15.2 Å². The van der Waals surface area contributed by atoms with Crippen LogP contribution in [0.5, 0.6) is 0 Å². The maximum atomic E-state index is 4.48. The van der Waals surface area contributed by atoms with Gasteiger partial charge in [-0.1, -0.05) is 48.5 Å². The van der Waals surface area contributed by atoms with Crippen LogP contribution in [0, 0.1) is 0 Å². The van der Waals surface area contributed by atoms with Gasteiger partial charge in [0.2, 0.25) is 0 Å². The van der Waals surface area contributed by atoms with Crippen molar-refractivity contribution in [2.45, 2.75) is 0 Å². The molecule has 0 atom stereocenters. The molecule has 0 aliphatic heterocycles. The summed E-state index contributed by atoms with van der Waals surface area (Å²) < 4.78 is 0. The highest BCUT2D eigenvalue weighted by Gasteiger charge is 2.05. The third kappa shape index (κ3) is 3.00. The van der Waals surface area contributed by atoms with Gasteiger partial charge in [-0.25, -0.2) is 0 Å². The van der Waals surface area contributed by atoms with Gasteiger partial charge in [0, 0.05) is 17.8 Å². The second-order valence-corrected chi connectivity index (χ2v) is 6.55. The van der Waals surface area contributed by atoms with Crippen molar-refractivity contribution in [1.82, 2.24) is 15.2 Å². The predicted octanol–water partition coefficient (Wildman–Crippen LogP) is 5.95. The number of benzene rings is 3. The average Bonchev–Trinajstić information content (AvgIpc) is 3.15. The summed E-state index contributed by atoms with van der Waals surface area (Å²) in [5.74, 6) is 0. The van der Waals surface area contributed by atoms with Gasteiger partial charge in [-0.05, 0) is 63.9 Å². The molecule has 0 saturated carbocycles. The van der Waals surface area contributed by atoms with E-state index < -0.39 is 0 Å². The van der Waals surface area contributed by atoms with E-state index in [0.29, 0.717) is 0 Å². The molecule has 0 unspecified atom stereocenters. The van der Waals surface area contributed by atoms with Gasteiger partial charge < -0.3 is 0 Å². The Morgan fingerprint density at radius 3 is 2.44 bits per heavy atom. The first-order chi connectivity index (χ1) is 13.4. The molecule has 0 aliphatic rings. The number of rotatable bonds is 3. The van der Waals surface area contributed by atoms with Crippen LogP contribution in [0.4, 0.5) is 0 Å². The fraction of sp³-hybridized carbons (Fsp3) is 0. The zero-order chi connectivity index (χ0) is 18.1. The molecule has 5 aromatic rings. The van der Waals surface area contributed by atoms with E-state index in [1.165, 1.54) is 16.3 Å². The third-order valence-corrected chi connectivity index (χ3v) is 4.81. The monoisotopic (exact) mass is 347 g/mol. The molecular formula is C24H17N3. The van der Waals surface area contributed by atoms with Crippen molar-refractivity contribution in [3.8, 4) is 11.1 Å². The molecule has 0 bridgehead atoms. The van der Waals surface area contributed by atoms with Crippen LogP contribution in [0.15, 0.2) is 85.2 Å². The number of nitrogens with zero attached hydrogens (tertiary/aromatic N) is 2. The van der Waals surface area contributed by atoms with Gasteiger partial charge in [-0.3, -0.25) is 10.1 Å². The molecule has 3 nitrogen and oxygen atoms in total. The van der Waals surface area contributed by atoms with E-state index in [4.69, 9.17) is 0 Å². The molecule has 0 radical (unpaired) electrons. The maximum absolute atomic E-state index is 4.48. The molecule has 3 aromatic carbocycles. The minimum absolute atomic E-state index is 0.944. The van der Waals surface area contributed by atoms with E-state index in [2.05, 4.69) is 88.0 Å². The number of hydrogen-bond donors (Lipinski definition) is 1. The van der Waals surface area contributed by atoms with Gasteiger partial charge in [0.15, 0.2) is 0 Å². The van der Waals surface area contributed by atoms with E-state index in [-0.39, 0.29) is 0 Å². The predicted molar refractivity (Wildman–Crippen MR) is 112 cm³/mol. The molecule has 128 valence electrons. The second-order valence-electron chi connectivity index (χ2n) is 6.55. The Balaban J connectivity index is 1.48. The van der Waals surface area contributed by atoms with Crippen LogP contribution in [0.1, 0.15) is 11.3 Å². The average molecular weight is 347 g/mol. The van der Waals surface area contributed by atoms with Crippen molar-refractivity contribution in [3.63, 3.8) is 0 Å². The van der Waals surface area contributed by atoms with E-state index in [1.54, 1.807) is 0 Å². The van der Waals surface area contributed by atoms with Crippen LogP contribution >= 0.6 is 0 Å². The SMILES string of the molecule is C(=C\c1n[nH]c2cc(-c3ccncc3)ccc12)/c1ccc2ccccc2c1. The Hall–Kier alpha value is -3.72. The zero-order valence-electron chi connectivity index (χ0n) is 14.6. The minimum Gasteiger partial charge on any atom is -0.277 e. The summed E-state index contributed by atoms with van der Waals surface area (Å²) in [7, 11) is 0. The minimum atomic E-state index is 0.944. The van der Waals surface area contributed by atoms with Crippen LogP contribution in [-0.2, 0) is 0 Å². The number of hydrogen-bond acceptors (Lipinski definition) is 2. The lowest BCUT2D eigenvalue weighted by atomic mass is 10.0. The van der Waals surface area contributed by atoms with Crippen molar-refractivity contribution < 1.29 is 0 Å². The summed E-state index contributed by atoms with van der Waals surface area (Å²) in [4.78, 5) is 4.08. The van der Waals surface area contributed by atoms with Gasteiger partial charge in [-0.2, -0.15) is 5.10 Å². The summed E-state index contributed by atoms with van der Waals surface area (Å²) in [5, 5.41) is 11.2. The van der Waals surface area contributed by atoms with E-state index >= 15 is 0 Å². The number of pyridine rings is 1. The summed E-state index contributed by atoms with van der Waals surface area (Å²) in [6, 6.07) is 25.3. The molecular weight excluding hydrogens is 330 g/mol. The molecule has 0 amide bonds. The van der Waals surface area contributed by atoms with Crippen LogP contribution in [0.25, 0.3) is 45.0 Å². The van der Waals surface area contributed by atoms with E-state index in [1.807, 2.05) is 24.5 Å². The summed E-state index contributed by atoms with van der Waals surface area (Å²) in [6.07, 6.45) is 7.79. The molecule has 1 N–H and O–H groups in total. The lowest BCUT2D eigenvalue weighted by molar-refractivity contribution is 1.11. The highest BCUT2D eigenvalue weighted by Crippen LogP contribution is 2.25. The van der Waals surface area contributed by atoms with Crippen molar-refractivity contribution in [1.29, 1.82) is 0 Å². The Kier molecular flexibility index (Phi) is 3.76. The number of H-pyrrole nitrogens is 1. The van der Waals surface area contributed by atoms with Crippen LogP contribution in [0.2, 0.25) is 0 Å². The summed E-state index contributed by atoms with van der Waals surface area (Å²) >= 11 is 0. The van der Waals surface area contributed by atoms with Gasteiger partial charge in [0.05, 0.1) is 11.2 Å². The van der Waals surface area contributed by atoms with Gasteiger partial charge in [0.1, 0.15) is 0 Å². The summed E-state index contributed by atoms with van der Waals surface area (Å²) in [6.45, 7) is 0. The van der Waals surface area contributed by atoms with E-state index in [9.17, 15) is 0 Å². The number of aromatic nitrogens is 3. The highest BCUT2D eigenvalue weighted by atomic mass is 15.1. The first kappa shape index (κ1) is 15.5. The van der Waals surface area contributed by atoms with Crippen molar-refractivity contribution >= 4 is 33.8 Å². The first-order valence-corrected chi connectivity index (χ1v) is 8.92. The molecule has 5 rings (SSSR count). The fourth-order valence-corrected chi connectivity index (χ4v) is 3.38. The third-order valence-electron chi connectivity index (χ3n) is 4.81. The molecule has 2 aromatic heterocycles. The fourth-order valence-electron chi connectivity index (χ4n) is 3.38. The topological polar surface area (TPSA) is 41.6 Å². The lowest BCUT2D eigenvalue weighted by Gasteiger charge is -2.01. The molecule has 3 heteroatoms. The normalized spacial score (nSPS) is 11.6. The Bertz CT molecular complexity index is 1270. The highest BCUT2D eigenvalue weighted by molar-refractivity contribution is 5.93. The van der Waals surface area contributed by atoms with E-state index in [0.717, 1.165) is 27.7 Å².